The highest BCUT2D eigenvalue weighted by atomic mass is 16.5. The van der Waals surface area contributed by atoms with Crippen LogP contribution in [0.3, 0.4) is 0 Å². The third-order valence-electron chi connectivity index (χ3n) is 5.81. The van der Waals surface area contributed by atoms with E-state index < -0.39 is 11.9 Å². The van der Waals surface area contributed by atoms with Crippen molar-refractivity contribution < 1.29 is 23.9 Å². The summed E-state index contributed by atoms with van der Waals surface area (Å²) < 4.78 is 17.6. The van der Waals surface area contributed by atoms with E-state index in [2.05, 4.69) is 12.1 Å². The summed E-state index contributed by atoms with van der Waals surface area (Å²) in [7, 11) is 0. The number of carboxylic acid groups (broad SMARTS) is 1. The van der Waals surface area contributed by atoms with Crippen LogP contribution < -0.4 is 9.47 Å². The van der Waals surface area contributed by atoms with Crippen LogP contribution in [0.25, 0.3) is 22.2 Å². The van der Waals surface area contributed by atoms with Gasteiger partial charge in [0.25, 0.3) is 0 Å². The van der Waals surface area contributed by atoms with Crippen LogP contribution in [0.15, 0.2) is 71.3 Å². The third-order valence-corrected chi connectivity index (χ3v) is 5.81. The van der Waals surface area contributed by atoms with Crippen LogP contribution >= 0.6 is 0 Å². The molecule has 0 aliphatic heterocycles. The van der Waals surface area contributed by atoms with Gasteiger partial charge in [0, 0.05) is 17.5 Å². The Kier molecular flexibility index (Phi) is 7.48. The molecule has 1 N–H and O–H groups in total. The van der Waals surface area contributed by atoms with Gasteiger partial charge in [0.2, 0.25) is 0 Å². The van der Waals surface area contributed by atoms with Gasteiger partial charge in [-0.05, 0) is 43.2 Å². The summed E-state index contributed by atoms with van der Waals surface area (Å²) in [6.07, 6.45) is 2.52. The molecule has 6 nitrogen and oxygen atoms in total. The molecule has 0 bridgehead atoms. The zero-order valence-electron chi connectivity index (χ0n) is 19.5. The summed E-state index contributed by atoms with van der Waals surface area (Å²) in [5.74, 6) is 0.153. The van der Waals surface area contributed by atoms with Crippen molar-refractivity contribution in [2.24, 2.45) is 0 Å². The minimum Gasteiger partial charge on any atom is -0.493 e. The maximum atomic E-state index is 11.1. The lowest BCUT2D eigenvalue weighted by Gasteiger charge is -2.12. The van der Waals surface area contributed by atoms with Crippen LogP contribution in [-0.2, 0) is 11.2 Å². The van der Waals surface area contributed by atoms with Gasteiger partial charge in [-0.15, -0.1) is 0 Å². The van der Waals surface area contributed by atoms with Gasteiger partial charge in [0.1, 0.15) is 17.2 Å². The number of carboxylic acids is 1. The second-order valence-corrected chi connectivity index (χ2v) is 8.25. The van der Waals surface area contributed by atoms with E-state index in [1.807, 2.05) is 42.5 Å². The largest absolute Gasteiger partial charge is 0.493 e. The number of aryl methyl sites for hydroxylation is 1. The fraction of sp³-hybridized carbons (Fsp3) is 0.286. The molecule has 0 saturated heterocycles. The van der Waals surface area contributed by atoms with Gasteiger partial charge >= 0.3 is 5.97 Å². The van der Waals surface area contributed by atoms with Crippen LogP contribution in [0.5, 0.6) is 11.5 Å². The molecule has 0 amide bonds. The number of aromatic nitrogens is 1. The molecule has 34 heavy (non-hydrogen) atoms. The van der Waals surface area contributed by atoms with Gasteiger partial charge in [-0.3, -0.25) is 4.79 Å². The molecule has 0 spiro atoms. The van der Waals surface area contributed by atoms with Crippen LogP contribution in [-0.4, -0.2) is 29.4 Å². The maximum Gasteiger partial charge on any atom is 0.310 e. The Morgan fingerprint density at radius 3 is 2.44 bits per heavy atom. The summed E-state index contributed by atoms with van der Waals surface area (Å²) >= 11 is 0. The first-order chi connectivity index (χ1) is 16.6. The molecule has 0 aliphatic carbocycles. The van der Waals surface area contributed by atoms with Gasteiger partial charge < -0.3 is 19.1 Å². The first-order valence-electron chi connectivity index (χ1n) is 11.6. The Balaban J connectivity index is 1.37. The van der Waals surface area contributed by atoms with Gasteiger partial charge in [-0.1, -0.05) is 61.0 Å². The Morgan fingerprint density at radius 2 is 1.74 bits per heavy atom. The minimum atomic E-state index is -0.840. The van der Waals surface area contributed by atoms with Gasteiger partial charge in [0.15, 0.2) is 5.58 Å². The Morgan fingerprint density at radius 1 is 1.00 bits per heavy atom. The lowest BCUT2D eigenvalue weighted by atomic mass is 10.0. The van der Waals surface area contributed by atoms with Crippen molar-refractivity contribution in [2.45, 2.75) is 39.0 Å². The van der Waals surface area contributed by atoms with E-state index in [1.54, 1.807) is 31.2 Å². The topological polar surface area (TPSA) is 81.8 Å². The van der Waals surface area contributed by atoms with Gasteiger partial charge in [-0.2, -0.15) is 0 Å². The highest BCUT2D eigenvalue weighted by Crippen LogP contribution is 2.35. The lowest BCUT2D eigenvalue weighted by molar-refractivity contribution is -0.138. The predicted octanol–water partition coefficient (Wildman–Crippen LogP) is 6.48. The van der Waals surface area contributed by atoms with Crippen molar-refractivity contribution >= 4 is 16.9 Å². The summed E-state index contributed by atoms with van der Waals surface area (Å²) in [6, 6.07) is 21.2. The number of hydrogen-bond donors (Lipinski definition) is 1. The molecular formula is C28H29NO5. The normalized spacial score (nSPS) is 11.9. The number of rotatable bonds is 11. The number of ether oxygens (including phenoxy) is 2. The van der Waals surface area contributed by atoms with Crippen LogP contribution in [0.4, 0.5) is 0 Å². The number of carbonyl (C=O) groups is 1. The zero-order chi connectivity index (χ0) is 23.9. The SMILES string of the molecule is CCCc1c(OCCCOc2ccc(C(C)C(=O)O)cc2)ccc2c(-c3ccccc3)noc12. The molecule has 1 aromatic heterocycles. The van der Waals surface area contributed by atoms with E-state index in [4.69, 9.17) is 19.1 Å². The van der Waals surface area contributed by atoms with Crippen LogP contribution in [0.2, 0.25) is 0 Å². The van der Waals surface area contributed by atoms with E-state index in [0.717, 1.165) is 51.9 Å². The van der Waals surface area contributed by atoms with Crippen molar-refractivity contribution in [3.8, 4) is 22.8 Å². The Labute approximate surface area is 199 Å². The number of nitrogens with zero attached hydrogens (tertiary/aromatic N) is 1. The van der Waals surface area contributed by atoms with Crippen molar-refractivity contribution in [1.29, 1.82) is 0 Å². The summed E-state index contributed by atoms with van der Waals surface area (Å²) in [5.41, 5.74) is 4.45. The molecule has 4 aromatic rings. The quantitative estimate of drug-likeness (QED) is 0.258. The van der Waals surface area contributed by atoms with Crippen LogP contribution in [0.1, 0.15) is 43.7 Å². The lowest BCUT2D eigenvalue weighted by Crippen LogP contribution is -2.08. The standard InChI is InChI=1S/C28H29NO5/c1-3-8-23-25(16-15-24-26(29-34-27(23)24)21-9-5-4-6-10-21)33-18-7-17-32-22-13-11-20(12-14-22)19(2)28(30)31/h4-6,9-16,19H,3,7-8,17-18H2,1-2H3,(H,30,31). The highest BCUT2D eigenvalue weighted by molar-refractivity contribution is 5.94. The van der Waals surface area contributed by atoms with E-state index >= 15 is 0 Å². The molecule has 1 atom stereocenters. The second kappa shape index (κ2) is 10.9. The number of hydrogen-bond acceptors (Lipinski definition) is 5. The molecule has 0 fully saturated rings. The highest BCUT2D eigenvalue weighted by Gasteiger charge is 2.17. The molecule has 1 unspecified atom stereocenters. The van der Waals surface area contributed by atoms with Crippen molar-refractivity contribution in [3.63, 3.8) is 0 Å². The molecule has 176 valence electrons. The Bertz CT molecular complexity index is 1230. The first kappa shape index (κ1) is 23.4. The fourth-order valence-electron chi connectivity index (χ4n) is 3.89. The number of benzene rings is 3. The smallest absolute Gasteiger partial charge is 0.310 e. The van der Waals surface area contributed by atoms with Gasteiger partial charge in [-0.25, -0.2) is 0 Å². The zero-order valence-corrected chi connectivity index (χ0v) is 19.5. The van der Waals surface area contributed by atoms with E-state index in [1.165, 1.54) is 0 Å². The van der Waals surface area contributed by atoms with Crippen molar-refractivity contribution in [2.75, 3.05) is 13.2 Å². The monoisotopic (exact) mass is 459 g/mol. The van der Waals surface area contributed by atoms with Crippen molar-refractivity contribution in [1.82, 2.24) is 5.16 Å². The molecule has 1 heterocycles. The molecule has 3 aromatic carbocycles. The predicted molar refractivity (Wildman–Crippen MR) is 132 cm³/mol. The first-order valence-corrected chi connectivity index (χ1v) is 11.6. The fourth-order valence-corrected chi connectivity index (χ4v) is 3.89. The van der Waals surface area contributed by atoms with Gasteiger partial charge in [0.05, 0.1) is 24.5 Å². The molecular weight excluding hydrogens is 430 g/mol. The minimum absolute atomic E-state index is 0.500. The third kappa shape index (κ3) is 5.22. The molecule has 0 aliphatic rings. The number of fused-ring (bicyclic) bond motifs is 1. The molecule has 0 radical (unpaired) electrons. The molecule has 0 saturated carbocycles. The average Bonchev–Trinajstić information content (AvgIpc) is 3.30. The van der Waals surface area contributed by atoms with Crippen LogP contribution in [0, 0.1) is 0 Å². The maximum absolute atomic E-state index is 11.1. The molecule has 4 rings (SSSR count). The van der Waals surface area contributed by atoms with E-state index in [0.29, 0.717) is 25.4 Å². The van der Waals surface area contributed by atoms with Crippen molar-refractivity contribution in [3.05, 3.63) is 77.9 Å². The molecule has 6 heteroatoms. The summed E-state index contributed by atoms with van der Waals surface area (Å²) in [4.78, 5) is 11.1. The second-order valence-electron chi connectivity index (χ2n) is 8.25. The Hall–Kier alpha value is -3.80. The summed E-state index contributed by atoms with van der Waals surface area (Å²) in [6.45, 7) is 4.81. The van der Waals surface area contributed by atoms with E-state index in [9.17, 15) is 4.79 Å². The average molecular weight is 460 g/mol. The van der Waals surface area contributed by atoms with E-state index in [-0.39, 0.29) is 0 Å². The number of aliphatic carboxylic acids is 1. The summed E-state index contributed by atoms with van der Waals surface area (Å²) in [5, 5.41) is 14.4.